The van der Waals surface area contributed by atoms with E-state index in [0.717, 1.165) is 12.0 Å². The van der Waals surface area contributed by atoms with Crippen LogP contribution in [-0.4, -0.2) is 5.78 Å². The predicted octanol–water partition coefficient (Wildman–Crippen LogP) is 3.68. The summed E-state index contributed by atoms with van der Waals surface area (Å²) in [6.45, 7) is 10.1. The molecule has 0 aromatic carbocycles. The first-order valence-corrected chi connectivity index (χ1v) is 5.52. The van der Waals surface area contributed by atoms with Crippen LogP contribution in [0.2, 0.25) is 0 Å². The number of hydrogen-bond donors (Lipinski definition) is 0. The summed E-state index contributed by atoms with van der Waals surface area (Å²) in [7, 11) is 0. The lowest BCUT2D eigenvalue weighted by molar-refractivity contribution is -0.116. The van der Waals surface area contributed by atoms with Crippen LogP contribution >= 0.6 is 0 Å². The maximum Gasteiger partial charge on any atom is 0.159 e. The van der Waals surface area contributed by atoms with E-state index >= 15 is 0 Å². The standard InChI is InChI=1S/C14H20O/c1-5-6-9-13(15)12-8-7-10-14(3,4)11(12)2/h5,7-8,10-11H,1,6,9H2,2-4H3. The second-order valence-electron chi connectivity index (χ2n) is 4.77. The second-order valence-corrected chi connectivity index (χ2v) is 4.77. The summed E-state index contributed by atoms with van der Waals surface area (Å²) in [5.41, 5.74) is 1.05. The van der Waals surface area contributed by atoms with Crippen LogP contribution in [-0.2, 0) is 4.79 Å². The summed E-state index contributed by atoms with van der Waals surface area (Å²) in [4.78, 5) is 11.9. The van der Waals surface area contributed by atoms with Crippen LogP contribution < -0.4 is 0 Å². The monoisotopic (exact) mass is 204 g/mol. The minimum absolute atomic E-state index is 0.0912. The molecule has 0 bridgehead atoms. The fourth-order valence-corrected chi connectivity index (χ4v) is 1.80. The summed E-state index contributed by atoms with van der Waals surface area (Å²) in [5.74, 6) is 0.569. The van der Waals surface area contributed by atoms with Gasteiger partial charge in [0.1, 0.15) is 0 Å². The molecule has 0 aromatic heterocycles. The zero-order valence-electron chi connectivity index (χ0n) is 9.92. The maximum absolute atomic E-state index is 11.9. The number of carbonyl (C=O) groups excluding carboxylic acids is 1. The van der Waals surface area contributed by atoms with Crippen LogP contribution in [0.4, 0.5) is 0 Å². The van der Waals surface area contributed by atoms with Gasteiger partial charge in [-0.1, -0.05) is 45.1 Å². The van der Waals surface area contributed by atoms with E-state index in [1.807, 2.05) is 12.2 Å². The largest absolute Gasteiger partial charge is 0.295 e. The molecule has 15 heavy (non-hydrogen) atoms. The van der Waals surface area contributed by atoms with Gasteiger partial charge in [0, 0.05) is 6.42 Å². The van der Waals surface area contributed by atoms with E-state index in [2.05, 4.69) is 33.4 Å². The second kappa shape index (κ2) is 4.61. The molecule has 1 rings (SSSR count). The Balaban J connectivity index is 2.78. The van der Waals surface area contributed by atoms with E-state index in [4.69, 9.17) is 0 Å². The molecule has 1 nitrogen and oxygen atoms in total. The molecular formula is C14H20O. The van der Waals surface area contributed by atoms with Crippen molar-refractivity contribution in [1.29, 1.82) is 0 Å². The van der Waals surface area contributed by atoms with Gasteiger partial charge in [0.25, 0.3) is 0 Å². The molecule has 1 aliphatic rings. The lowest BCUT2D eigenvalue weighted by Gasteiger charge is -2.32. The van der Waals surface area contributed by atoms with Crippen molar-refractivity contribution >= 4 is 5.78 Å². The first-order valence-electron chi connectivity index (χ1n) is 5.52. The fraction of sp³-hybridized carbons (Fsp3) is 0.500. The van der Waals surface area contributed by atoms with Crippen molar-refractivity contribution in [2.45, 2.75) is 33.6 Å². The number of ketones is 1. The Morgan fingerprint density at radius 2 is 2.27 bits per heavy atom. The Labute approximate surface area is 92.6 Å². The summed E-state index contributed by atoms with van der Waals surface area (Å²) >= 11 is 0. The zero-order chi connectivity index (χ0) is 11.5. The Bertz CT molecular complexity index is 318. The number of carbonyl (C=O) groups is 1. The summed E-state index contributed by atoms with van der Waals surface area (Å²) < 4.78 is 0. The molecule has 0 saturated heterocycles. The molecule has 0 heterocycles. The average molecular weight is 204 g/mol. The highest BCUT2D eigenvalue weighted by molar-refractivity contribution is 5.96. The fourth-order valence-electron chi connectivity index (χ4n) is 1.80. The third kappa shape index (κ3) is 2.68. The molecule has 0 N–H and O–H groups in total. The minimum Gasteiger partial charge on any atom is -0.295 e. The molecule has 1 unspecified atom stereocenters. The molecule has 0 spiro atoms. The van der Waals surface area contributed by atoms with Crippen molar-refractivity contribution in [2.75, 3.05) is 0 Å². The van der Waals surface area contributed by atoms with Crippen LogP contribution in [0.15, 0.2) is 36.5 Å². The molecule has 0 aliphatic heterocycles. The lowest BCUT2D eigenvalue weighted by atomic mass is 9.71. The van der Waals surface area contributed by atoms with Crippen LogP contribution in [0, 0.1) is 11.3 Å². The molecule has 1 atom stereocenters. The predicted molar refractivity (Wildman–Crippen MR) is 64.6 cm³/mol. The highest BCUT2D eigenvalue weighted by atomic mass is 16.1. The SMILES string of the molecule is C=CCCC(=O)C1=CC=CC(C)(C)C1C. The van der Waals surface area contributed by atoms with Gasteiger partial charge in [-0.05, 0) is 23.3 Å². The van der Waals surface area contributed by atoms with Crippen LogP contribution in [0.3, 0.4) is 0 Å². The minimum atomic E-state index is 0.0912. The average Bonchev–Trinajstić information content (AvgIpc) is 2.18. The Morgan fingerprint density at radius 1 is 1.60 bits per heavy atom. The molecule has 82 valence electrons. The number of hydrogen-bond acceptors (Lipinski definition) is 1. The summed E-state index contributed by atoms with van der Waals surface area (Å²) in [6, 6.07) is 0. The Morgan fingerprint density at radius 3 is 2.87 bits per heavy atom. The molecule has 0 amide bonds. The van der Waals surface area contributed by atoms with Gasteiger partial charge in [-0.15, -0.1) is 6.58 Å². The van der Waals surface area contributed by atoms with Gasteiger partial charge >= 0.3 is 0 Å². The van der Waals surface area contributed by atoms with Crippen molar-refractivity contribution in [3.8, 4) is 0 Å². The lowest BCUT2D eigenvalue weighted by Crippen LogP contribution is -2.26. The van der Waals surface area contributed by atoms with E-state index in [1.165, 1.54) is 0 Å². The number of Topliss-reactive ketones (excluding diaryl/α,β-unsaturated/α-hetero) is 1. The Hall–Kier alpha value is -1.11. The maximum atomic E-state index is 11.9. The molecular weight excluding hydrogens is 184 g/mol. The van der Waals surface area contributed by atoms with Gasteiger partial charge < -0.3 is 0 Å². The molecule has 1 aliphatic carbocycles. The summed E-state index contributed by atoms with van der Waals surface area (Å²) in [6.07, 6.45) is 9.29. The molecule has 0 fully saturated rings. The van der Waals surface area contributed by atoms with Crippen LogP contribution in [0.5, 0.6) is 0 Å². The number of allylic oxidation sites excluding steroid dienone is 5. The van der Waals surface area contributed by atoms with Crippen molar-refractivity contribution in [3.63, 3.8) is 0 Å². The Kier molecular flexibility index (Phi) is 3.67. The van der Waals surface area contributed by atoms with E-state index < -0.39 is 0 Å². The van der Waals surface area contributed by atoms with Gasteiger partial charge in [-0.3, -0.25) is 4.79 Å². The normalized spacial score (nSPS) is 23.4. The first-order chi connectivity index (χ1) is 6.99. The third-order valence-electron chi connectivity index (χ3n) is 3.28. The summed E-state index contributed by atoms with van der Waals surface area (Å²) in [5, 5.41) is 0. The van der Waals surface area contributed by atoms with Crippen molar-refractivity contribution in [1.82, 2.24) is 0 Å². The van der Waals surface area contributed by atoms with Gasteiger partial charge in [-0.25, -0.2) is 0 Å². The molecule has 1 heteroatoms. The van der Waals surface area contributed by atoms with Crippen molar-refractivity contribution in [2.24, 2.45) is 11.3 Å². The van der Waals surface area contributed by atoms with E-state index in [0.29, 0.717) is 12.3 Å². The van der Waals surface area contributed by atoms with Gasteiger partial charge in [-0.2, -0.15) is 0 Å². The van der Waals surface area contributed by atoms with E-state index in [9.17, 15) is 4.79 Å². The quantitative estimate of drug-likeness (QED) is 0.638. The third-order valence-corrected chi connectivity index (χ3v) is 3.28. The van der Waals surface area contributed by atoms with Crippen LogP contribution in [0.25, 0.3) is 0 Å². The van der Waals surface area contributed by atoms with E-state index in [-0.39, 0.29) is 11.2 Å². The van der Waals surface area contributed by atoms with Crippen molar-refractivity contribution in [3.05, 3.63) is 36.5 Å². The van der Waals surface area contributed by atoms with Gasteiger partial charge in [0.15, 0.2) is 5.78 Å². The van der Waals surface area contributed by atoms with Crippen molar-refractivity contribution < 1.29 is 4.79 Å². The molecule has 0 aromatic rings. The molecule has 0 radical (unpaired) electrons. The highest BCUT2D eigenvalue weighted by Gasteiger charge is 2.30. The smallest absolute Gasteiger partial charge is 0.159 e. The zero-order valence-corrected chi connectivity index (χ0v) is 9.92. The van der Waals surface area contributed by atoms with E-state index in [1.54, 1.807) is 6.08 Å². The van der Waals surface area contributed by atoms with Gasteiger partial charge in [0.2, 0.25) is 0 Å². The number of rotatable bonds is 4. The molecule has 0 saturated carbocycles. The highest BCUT2D eigenvalue weighted by Crippen LogP contribution is 2.37. The van der Waals surface area contributed by atoms with Gasteiger partial charge in [0.05, 0.1) is 0 Å². The van der Waals surface area contributed by atoms with Crippen LogP contribution in [0.1, 0.15) is 33.6 Å². The first kappa shape index (κ1) is 12.0. The topological polar surface area (TPSA) is 17.1 Å².